The highest BCUT2D eigenvalue weighted by Gasteiger charge is 2.18. The largest absolute Gasteiger partial charge is 0.487 e. The molecule has 0 bridgehead atoms. The van der Waals surface area contributed by atoms with E-state index in [4.69, 9.17) is 16.3 Å². The van der Waals surface area contributed by atoms with E-state index in [0.717, 1.165) is 29.4 Å². The zero-order valence-corrected chi connectivity index (χ0v) is 9.49. The molecule has 1 aromatic carbocycles. The van der Waals surface area contributed by atoms with E-state index in [-0.39, 0.29) is 12.4 Å². The highest BCUT2D eigenvalue weighted by molar-refractivity contribution is 6.30. The second-order valence-corrected chi connectivity index (χ2v) is 3.74. The average Bonchev–Trinajstić information content (AvgIpc) is 1.99. The van der Waals surface area contributed by atoms with Crippen molar-refractivity contribution >= 4 is 24.0 Å². The first-order valence-electron chi connectivity index (χ1n) is 4.39. The molecule has 0 aliphatic carbocycles. The summed E-state index contributed by atoms with van der Waals surface area (Å²) in [6, 6.07) is 5.70. The van der Waals surface area contributed by atoms with E-state index in [0.29, 0.717) is 6.10 Å². The smallest absolute Gasteiger partial charge is 0.123 e. The molecule has 0 radical (unpaired) electrons. The minimum absolute atomic E-state index is 0. The number of rotatable bonds is 2. The molecule has 1 aliphatic heterocycles. The summed E-state index contributed by atoms with van der Waals surface area (Å²) in [5.41, 5.74) is 1.10. The molecule has 1 heterocycles. The third kappa shape index (κ3) is 2.53. The monoisotopic (exact) mass is 233 g/mol. The Morgan fingerprint density at radius 1 is 1.43 bits per heavy atom. The van der Waals surface area contributed by atoms with Gasteiger partial charge in [0.1, 0.15) is 11.9 Å². The van der Waals surface area contributed by atoms with Gasteiger partial charge < -0.3 is 10.1 Å². The van der Waals surface area contributed by atoms with E-state index >= 15 is 0 Å². The Morgan fingerprint density at radius 3 is 2.64 bits per heavy atom. The standard InChI is InChI=1S/C10H12ClNO.ClH/c1-7-4-8(11)2-3-10(7)13-9-5-12-6-9;/h2-4,9,12H,5-6H2,1H3;1H. The van der Waals surface area contributed by atoms with Gasteiger partial charge in [-0.05, 0) is 30.7 Å². The molecule has 78 valence electrons. The lowest BCUT2D eigenvalue weighted by molar-refractivity contribution is 0.141. The molecule has 4 heteroatoms. The van der Waals surface area contributed by atoms with Gasteiger partial charge in [-0.15, -0.1) is 12.4 Å². The number of ether oxygens (including phenoxy) is 1. The van der Waals surface area contributed by atoms with Crippen LogP contribution in [0.15, 0.2) is 18.2 Å². The first-order chi connectivity index (χ1) is 6.25. The number of benzene rings is 1. The summed E-state index contributed by atoms with van der Waals surface area (Å²) in [6.45, 7) is 3.90. The maximum Gasteiger partial charge on any atom is 0.123 e. The molecule has 1 aromatic rings. The average molecular weight is 234 g/mol. The van der Waals surface area contributed by atoms with Crippen LogP contribution in [0.25, 0.3) is 0 Å². The van der Waals surface area contributed by atoms with Crippen LogP contribution in [0.3, 0.4) is 0 Å². The summed E-state index contributed by atoms with van der Waals surface area (Å²) in [5, 5.41) is 3.92. The normalized spacial score (nSPS) is 15.6. The molecule has 14 heavy (non-hydrogen) atoms. The molecule has 0 unspecified atom stereocenters. The van der Waals surface area contributed by atoms with Crippen molar-refractivity contribution < 1.29 is 4.74 Å². The Balaban J connectivity index is 0.000000980. The minimum Gasteiger partial charge on any atom is -0.487 e. The van der Waals surface area contributed by atoms with Crippen molar-refractivity contribution in [1.29, 1.82) is 0 Å². The van der Waals surface area contributed by atoms with Crippen LogP contribution in [0, 0.1) is 6.92 Å². The quantitative estimate of drug-likeness (QED) is 0.848. The van der Waals surface area contributed by atoms with Gasteiger partial charge in [-0.2, -0.15) is 0 Å². The topological polar surface area (TPSA) is 21.3 Å². The van der Waals surface area contributed by atoms with Gasteiger partial charge in [0.2, 0.25) is 0 Å². The van der Waals surface area contributed by atoms with Crippen molar-refractivity contribution in [2.75, 3.05) is 13.1 Å². The van der Waals surface area contributed by atoms with E-state index < -0.39 is 0 Å². The van der Waals surface area contributed by atoms with Crippen LogP contribution in [0.5, 0.6) is 5.75 Å². The summed E-state index contributed by atoms with van der Waals surface area (Å²) in [6.07, 6.45) is 0.333. The summed E-state index contributed by atoms with van der Waals surface area (Å²) in [5.74, 6) is 0.941. The third-order valence-corrected chi connectivity index (χ3v) is 2.41. The van der Waals surface area contributed by atoms with E-state index in [1.54, 1.807) is 0 Å². The van der Waals surface area contributed by atoms with Crippen molar-refractivity contribution in [1.82, 2.24) is 5.32 Å². The van der Waals surface area contributed by atoms with Crippen LogP contribution in [0.2, 0.25) is 5.02 Å². The van der Waals surface area contributed by atoms with E-state index in [2.05, 4.69) is 5.32 Å². The summed E-state index contributed by atoms with van der Waals surface area (Å²) in [4.78, 5) is 0. The predicted octanol–water partition coefficient (Wildman–Crippen LogP) is 2.42. The Labute approximate surface area is 95.0 Å². The Hall–Kier alpha value is -0.440. The van der Waals surface area contributed by atoms with Gasteiger partial charge >= 0.3 is 0 Å². The van der Waals surface area contributed by atoms with Crippen molar-refractivity contribution in [2.24, 2.45) is 0 Å². The van der Waals surface area contributed by atoms with E-state index in [1.165, 1.54) is 0 Å². The SMILES string of the molecule is Cc1cc(Cl)ccc1OC1CNC1.Cl. The van der Waals surface area contributed by atoms with Crippen molar-refractivity contribution in [3.05, 3.63) is 28.8 Å². The number of halogens is 2. The molecular formula is C10H13Cl2NO. The van der Waals surface area contributed by atoms with Crippen LogP contribution >= 0.6 is 24.0 Å². The molecule has 1 saturated heterocycles. The molecule has 1 fully saturated rings. The van der Waals surface area contributed by atoms with Crippen molar-refractivity contribution in [3.8, 4) is 5.75 Å². The summed E-state index contributed by atoms with van der Waals surface area (Å²) in [7, 11) is 0. The zero-order valence-electron chi connectivity index (χ0n) is 7.92. The van der Waals surface area contributed by atoms with Gasteiger partial charge in [0, 0.05) is 18.1 Å². The molecule has 2 nitrogen and oxygen atoms in total. The second kappa shape index (κ2) is 4.87. The lowest BCUT2D eigenvalue weighted by atomic mass is 10.2. The van der Waals surface area contributed by atoms with E-state index in [9.17, 15) is 0 Å². The van der Waals surface area contributed by atoms with Gasteiger partial charge in [-0.1, -0.05) is 11.6 Å². The molecule has 0 saturated carbocycles. The maximum absolute atomic E-state index is 5.83. The van der Waals surface area contributed by atoms with Crippen LogP contribution in [-0.4, -0.2) is 19.2 Å². The molecular weight excluding hydrogens is 221 g/mol. The number of nitrogens with one attached hydrogen (secondary N) is 1. The van der Waals surface area contributed by atoms with Crippen LogP contribution in [-0.2, 0) is 0 Å². The number of aryl methyl sites for hydroxylation is 1. The predicted molar refractivity (Wildman–Crippen MR) is 60.7 cm³/mol. The minimum atomic E-state index is 0. The lowest BCUT2D eigenvalue weighted by Crippen LogP contribution is -2.50. The molecule has 0 amide bonds. The first-order valence-corrected chi connectivity index (χ1v) is 4.77. The van der Waals surface area contributed by atoms with Crippen LogP contribution < -0.4 is 10.1 Å². The Kier molecular flexibility index (Phi) is 4.05. The molecule has 0 spiro atoms. The van der Waals surface area contributed by atoms with Gasteiger partial charge in [0.25, 0.3) is 0 Å². The summed E-state index contributed by atoms with van der Waals surface area (Å²) < 4.78 is 5.71. The molecule has 2 rings (SSSR count). The molecule has 0 aromatic heterocycles. The molecule has 1 aliphatic rings. The zero-order chi connectivity index (χ0) is 9.26. The van der Waals surface area contributed by atoms with Crippen molar-refractivity contribution in [2.45, 2.75) is 13.0 Å². The first kappa shape index (κ1) is 11.6. The van der Waals surface area contributed by atoms with Crippen LogP contribution in [0.1, 0.15) is 5.56 Å². The second-order valence-electron chi connectivity index (χ2n) is 3.31. The highest BCUT2D eigenvalue weighted by Crippen LogP contribution is 2.23. The fraction of sp³-hybridized carbons (Fsp3) is 0.400. The fourth-order valence-corrected chi connectivity index (χ4v) is 1.50. The number of hydrogen-bond donors (Lipinski definition) is 1. The van der Waals surface area contributed by atoms with Crippen molar-refractivity contribution in [3.63, 3.8) is 0 Å². The van der Waals surface area contributed by atoms with Gasteiger partial charge in [-0.25, -0.2) is 0 Å². The maximum atomic E-state index is 5.83. The van der Waals surface area contributed by atoms with E-state index in [1.807, 2.05) is 25.1 Å². The Bertz CT molecular complexity index is 313. The lowest BCUT2D eigenvalue weighted by Gasteiger charge is -2.28. The summed E-state index contributed by atoms with van der Waals surface area (Å²) >= 11 is 5.83. The Morgan fingerprint density at radius 2 is 2.14 bits per heavy atom. The van der Waals surface area contributed by atoms with Crippen LogP contribution in [0.4, 0.5) is 0 Å². The third-order valence-electron chi connectivity index (χ3n) is 2.17. The van der Waals surface area contributed by atoms with Gasteiger partial charge in [-0.3, -0.25) is 0 Å². The highest BCUT2D eigenvalue weighted by atomic mass is 35.5. The van der Waals surface area contributed by atoms with Gasteiger partial charge in [0.15, 0.2) is 0 Å². The molecule has 1 N–H and O–H groups in total. The molecule has 0 atom stereocenters. The fourth-order valence-electron chi connectivity index (χ4n) is 1.27. The number of hydrogen-bond acceptors (Lipinski definition) is 2. The van der Waals surface area contributed by atoms with Gasteiger partial charge in [0.05, 0.1) is 0 Å².